The number of hydrogen-bond acceptors (Lipinski definition) is 6. The van der Waals surface area contributed by atoms with Crippen LogP contribution in [0.25, 0.3) is 0 Å². The van der Waals surface area contributed by atoms with E-state index in [1.807, 2.05) is 44.2 Å². The number of rotatable bonds is 11. The van der Waals surface area contributed by atoms with Crippen molar-refractivity contribution in [3.63, 3.8) is 0 Å². The summed E-state index contributed by atoms with van der Waals surface area (Å²) >= 11 is 0. The highest BCUT2D eigenvalue weighted by Gasteiger charge is 2.28. The van der Waals surface area contributed by atoms with E-state index in [9.17, 15) is 19.5 Å². The third-order valence-electron chi connectivity index (χ3n) is 4.79. The summed E-state index contributed by atoms with van der Waals surface area (Å²) in [5.74, 6) is -0.818. The zero-order chi connectivity index (χ0) is 24.2. The van der Waals surface area contributed by atoms with Gasteiger partial charge in [-0.25, -0.2) is 9.59 Å². The number of esters is 1. The van der Waals surface area contributed by atoms with Crippen molar-refractivity contribution in [1.82, 2.24) is 10.6 Å². The third-order valence-corrected chi connectivity index (χ3v) is 4.79. The molecule has 178 valence electrons. The number of ether oxygens (including phenoxy) is 2. The van der Waals surface area contributed by atoms with Gasteiger partial charge in [-0.3, -0.25) is 4.79 Å². The van der Waals surface area contributed by atoms with Gasteiger partial charge < -0.3 is 25.2 Å². The first kappa shape index (κ1) is 25.7. The van der Waals surface area contributed by atoms with Gasteiger partial charge in [-0.2, -0.15) is 0 Å². The van der Waals surface area contributed by atoms with E-state index in [4.69, 9.17) is 9.47 Å². The van der Waals surface area contributed by atoms with Gasteiger partial charge in [0.25, 0.3) is 0 Å². The normalized spacial score (nSPS) is 12.5. The van der Waals surface area contributed by atoms with Crippen LogP contribution in [0.1, 0.15) is 38.3 Å². The second-order valence-corrected chi connectivity index (χ2v) is 8.07. The number of carbonyl (C=O) groups is 3. The van der Waals surface area contributed by atoms with Gasteiger partial charge in [-0.05, 0) is 42.5 Å². The van der Waals surface area contributed by atoms with Crippen LogP contribution < -0.4 is 10.6 Å². The Morgan fingerprint density at radius 1 is 0.879 bits per heavy atom. The van der Waals surface area contributed by atoms with Crippen molar-refractivity contribution >= 4 is 18.0 Å². The number of benzene rings is 2. The topological polar surface area (TPSA) is 114 Å². The SMILES string of the molecule is CCOC(=O)[C@@H](CC(C)C)NC(=O)[C@H](Cc1ccc(O)cc1)NC(=O)OCc1ccccc1. The predicted octanol–water partition coefficient (Wildman–Crippen LogP) is 3.32. The lowest BCUT2D eigenvalue weighted by molar-refractivity contribution is -0.148. The Morgan fingerprint density at radius 3 is 2.15 bits per heavy atom. The number of amides is 2. The van der Waals surface area contributed by atoms with Crippen molar-refractivity contribution in [2.24, 2.45) is 5.92 Å². The highest BCUT2D eigenvalue weighted by Crippen LogP contribution is 2.13. The summed E-state index contributed by atoms with van der Waals surface area (Å²) in [7, 11) is 0. The molecular formula is C25H32N2O6. The fourth-order valence-corrected chi connectivity index (χ4v) is 3.18. The molecule has 0 saturated heterocycles. The molecule has 2 amide bonds. The Hall–Kier alpha value is -3.55. The molecule has 0 fully saturated rings. The van der Waals surface area contributed by atoms with Crippen molar-refractivity contribution in [3.05, 3.63) is 65.7 Å². The van der Waals surface area contributed by atoms with E-state index >= 15 is 0 Å². The van der Waals surface area contributed by atoms with Crippen LogP contribution >= 0.6 is 0 Å². The lowest BCUT2D eigenvalue weighted by Crippen LogP contribution is -2.53. The van der Waals surface area contributed by atoms with Crippen molar-refractivity contribution < 1.29 is 29.0 Å². The third kappa shape index (κ3) is 9.22. The summed E-state index contributed by atoms with van der Waals surface area (Å²) in [6.45, 7) is 5.82. The van der Waals surface area contributed by atoms with E-state index in [0.29, 0.717) is 12.0 Å². The summed E-state index contributed by atoms with van der Waals surface area (Å²) in [5, 5.41) is 14.8. The second-order valence-electron chi connectivity index (χ2n) is 8.07. The summed E-state index contributed by atoms with van der Waals surface area (Å²) < 4.78 is 10.4. The van der Waals surface area contributed by atoms with E-state index in [2.05, 4.69) is 10.6 Å². The molecule has 8 heteroatoms. The molecule has 0 heterocycles. The van der Waals surface area contributed by atoms with Crippen LogP contribution in [0.5, 0.6) is 5.75 Å². The molecule has 8 nitrogen and oxygen atoms in total. The zero-order valence-corrected chi connectivity index (χ0v) is 19.2. The standard InChI is InChI=1S/C25H32N2O6/c1-4-32-24(30)22(14-17(2)3)26-23(29)21(15-18-10-12-20(28)13-11-18)27-25(31)33-16-19-8-6-5-7-9-19/h5-13,17,21-22,28H,4,14-16H2,1-3H3,(H,26,29)(H,27,31)/t21-,22+/m0/s1. The Morgan fingerprint density at radius 2 is 1.55 bits per heavy atom. The number of hydrogen-bond donors (Lipinski definition) is 3. The molecule has 0 radical (unpaired) electrons. The first-order valence-corrected chi connectivity index (χ1v) is 11.0. The molecule has 2 atom stereocenters. The van der Waals surface area contributed by atoms with Crippen LogP contribution in [-0.4, -0.2) is 41.8 Å². The van der Waals surface area contributed by atoms with E-state index in [0.717, 1.165) is 5.56 Å². The first-order chi connectivity index (χ1) is 15.8. The molecule has 0 aliphatic rings. The fraction of sp³-hybridized carbons (Fsp3) is 0.400. The molecule has 0 unspecified atom stereocenters. The Balaban J connectivity index is 2.11. The minimum atomic E-state index is -0.998. The van der Waals surface area contributed by atoms with Gasteiger partial charge in [0.1, 0.15) is 24.4 Å². The largest absolute Gasteiger partial charge is 0.508 e. The average molecular weight is 457 g/mol. The predicted molar refractivity (Wildman–Crippen MR) is 123 cm³/mol. The summed E-state index contributed by atoms with van der Waals surface area (Å²) in [6, 6.07) is 13.7. The van der Waals surface area contributed by atoms with Crippen LogP contribution in [0.4, 0.5) is 4.79 Å². The number of nitrogens with one attached hydrogen (secondary N) is 2. The van der Waals surface area contributed by atoms with Gasteiger partial charge in [0.2, 0.25) is 5.91 Å². The number of phenolic OH excluding ortho intramolecular Hbond substituents is 1. The van der Waals surface area contributed by atoms with Crippen molar-refractivity contribution in [2.45, 2.75) is 52.3 Å². The van der Waals surface area contributed by atoms with Gasteiger partial charge in [0.15, 0.2) is 0 Å². The Bertz CT molecular complexity index is 899. The van der Waals surface area contributed by atoms with Crippen LogP contribution in [0.3, 0.4) is 0 Å². The molecule has 3 N–H and O–H groups in total. The lowest BCUT2D eigenvalue weighted by Gasteiger charge is -2.23. The molecule has 2 aromatic carbocycles. The quantitative estimate of drug-likeness (QED) is 0.447. The van der Waals surface area contributed by atoms with E-state index in [1.165, 1.54) is 12.1 Å². The van der Waals surface area contributed by atoms with Gasteiger partial charge in [0, 0.05) is 6.42 Å². The van der Waals surface area contributed by atoms with Gasteiger partial charge in [-0.1, -0.05) is 56.3 Å². The zero-order valence-electron chi connectivity index (χ0n) is 19.2. The van der Waals surface area contributed by atoms with Crippen LogP contribution in [-0.2, 0) is 32.1 Å². The fourth-order valence-electron chi connectivity index (χ4n) is 3.18. The molecule has 0 aliphatic carbocycles. The highest BCUT2D eigenvalue weighted by molar-refractivity contribution is 5.89. The molecule has 0 aromatic heterocycles. The molecule has 33 heavy (non-hydrogen) atoms. The number of carbonyl (C=O) groups excluding carboxylic acids is 3. The van der Waals surface area contributed by atoms with Crippen LogP contribution in [0.2, 0.25) is 0 Å². The monoisotopic (exact) mass is 456 g/mol. The van der Waals surface area contributed by atoms with E-state index in [-0.39, 0.29) is 31.3 Å². The minimum absolute atomic E-state index is 0.0546. The maximum atomic E-state index is 13.1. The second kappa shape index (κ2) is 13.1. The van der Waals surface area contributed by atoms with Crippen molar-refractivity contribution in [2.75, 3.05) is 6.61 Å². The summed E-state index contributed by atoms with van der Waals surface area (Å²) in [5.41, 5.74) is 1.53. The summed E-state index contributed by atoms with van der Waals surface area (Å²) in [4.78, 5) is 37.9. The van der Waals surface area contributed by atoms with Crippen molar-refractivity contribution in [3.8, 4) is 5.75 Å². The maximum Gasteiger partial charge on any atom is 0.408 e. The highest BCUT2D eigenvalue weighted by atomic mass is 16.5. The molecule has 2 rings (SSSR count). The smallest absolute Gasteiger partial charge is 0.408 e. The van der Waals surface area contributed by atoms with Crippen LogP contribution in [0.15, 0.2) is 54.6 Å². The number of alkyl carbamates (subject to hydrolysis) is 1. The minimum Gasteiger partial charge on any atom is -0.508 e. The Labute approximate surface area is 194 Å². The van der Waals surface area contributed by atoms with Crippen LogP contribution in [0, 0.1) is 5.92 Å². The molecule has 2 aromatic rings. The first-order valence-electron chi connectivity index (χ1n) is 11.0. The lowest BCUT2D eigenvalue weighted by atomic mass is 10.0. The van der Waals surface area contributed by atoms with E-state index < -0.39 is 30.1 Å². The number of aromatic hydroxyl groups is 1. The Kier molecular flexibility index (Phi) is 10.2. The van der Waals surface area contributed by atoms with Crippen molar-refractivity contribution in [1.29, 1.82) is 0 Å². The summed E-state index contributed by atoms with van der Waals surface area (Å²) in [6.07, 6.45) is -0.215. The molecule has 0 saturated carbocycles. The molecule has 0 bridgehead atoms. The molecular weight excluding hydrogens is 424 g/mol. The molecule has 0 spiro atoms. The molecule has 0 aliphatic heterocycles. The number of phenols is 1. The van der Waals surface area contributed by atoms with Gasteiger partial charge in [-0.15, -0.1) is 0 Å². The van der Waals surface area contributed by atoms with Gasteiger partial charge in [0.05, 0.1) is 6.61 Å². The van der Waals surface area contributed by atoms with E-state index in [1.54, 1.807) is 19.1 Å². The van der Waals surface area contributed by atoms with Gasteiger partial charge >= 0.3 is 12.1 Å². The maximum absolute atomic E-state index is 13.1. The average Bonchev–Trinajstić information content (AvgIpc) is 2.78.